The van der Waals surface area contributed by atoms with Gasteiger partial charge in [-0.15, -0.1) is 0 Å². The number of rotatable bonds is 6. The van der Waals surface area contributed by atoms with Crippen molar-refractivity contribution in [1.82, 2.24) is 9.55 Å². The second-order valence-electron chi connectivity index (χ2n) is 5.32. The van der Waals surface area contributed by atoms with Crippen LogP contribution in [0.5, 0.6) is 5.75 Å². The van der Waals surface area contributed by atoms with Gasteiger partial charge >= 0.3 is 18.3 Å². The monoisotopic (exact) mass is 411 g/mol. The summed E-state index contributed by atoms with van der Waals surface area (Å²) in [7, 11) is 0. The Hall–Kier alpha value is -2.72. The van der Waals surface area contributed by atoms with E-state index >= 15 is 0 Å². The van der Waals surface area contributed by atoms with Crippen LogP contribution in [0.2, 0.25) is 0 Å². The highest BCUT2D eigenvalue weighted by Crippen LogP contribution is 2.35. The summed E-state index contributed by atoms with van der Waals surface area (Å²) in [4.78, 5) is 13.1. The zero-order valence-electron chi connectivity index (χ0n) is 14.6. The minimum absolute atomic E-state index is 0.175. The Morgan fingerprint density at radius 2 is 1.93 bits per heavy atom. The molecule has 0 spiro atoms. The summed E-state index contributed by atoms with van der Waals surface area (Å²) in [5.41, 5.74) is -0.766. The van der Waals surface area contributed by atoms with E-state index in [1.165, 1.54) is 12.1 Å². The van der Waals surface area contributed by atoms with Crippen LogP contribution in [0.15, 0.2) is 30.6 Å². The Balaban J connectivity index is 0.000000480. The van der Waals surface area contributed by atoms with Gasteiger partial charge in [0.25, 0.3) is 0 Å². The zero-order chi connectivity index (χ0) is 21.4. The molecule has 0 atom stereocenters. The first kappa shape index (κ1) is 23.3. The van der Waals surface area contributed by atoms with Crippen LogP contribution in [0.3, 0.4) is 0 Å². The number of hydrogen-bond acceptors (Lipinski definition) is 3. The summed E-state index contributed by atoms with van der Waals surface area (Å²) in [5, 5.41) is 7.12. The van der Waals surface area contributed by atoms with Crippen molar-refractivity contribution in [2.75, 3.05) is 6.61 Å². The number of aromatic nitrogens is 2. The SMILES string of the molecule is CCc1nccn1CCCOc1c[c]ccc1C(F)(F)F.O=C(O)C(F)(F)F. The van der Waals surface area contributed by atoms with Gasteiger partial charge < -0.3 is 14.4 Å². The first-order chi connectivity index (χ1) is 13.0. The molecular formula is C17H17F6N2O3. The van der Waals surface area contributed by atoms with Crippen LogP contribution in [-0.2, 0) is 23.9 Å². The topological polar surface area (TPSA) is 64.4 Å². The molecule has 155 valence electrons. The molecule has 0 amide bonds. The molecule has 11 heteroatoms. The molecule has 28 heavy (non-hydrogen) atoms. The van der Waals surface area contributed by atoms with Crippen molar-refractivity contribution in [3.8, 4) is 5.75 Å². The first-order valence-electron chi connectivity index (χ1n) is 7.97. The van der Waals surface area contributed by atoms with Gasteiger partial charge in [-0.1, -0.05) is 13.0 Å². The Kier molecular flexibility index (Phi) is 8.33. The predicted octanol–water partition coefficient (Wildman–Crippen LogP) is 4.37. The van der Waals surface area contributed by atoms with E-state index in [4.69, 9.17) is 14.6 Å². The van der Waals surface area contributed by atoms with E-state index in [9.17, 15) is 26.3 Å². The summed E-state index contributed by atoms with van der Waals surface area (Å²) < 4.78 is 77.3. The average Bonchev–Trinajstić information content (AvgIpc) is 3.05. The maximum Gasteiger partial charge on any atom is 0.490 e. The van der Waals surface area contributed by atoms with Crippen molar-refractivity contribution in [1.29, 1.82) is 0 Å². The largest absolute Gasteiger partial charge is 0.493 e. The molecule has 2 aromatic rings. The number of aliphatic carboxylic acids is 1. The summed E-state index contributed by atoms with van der Waals surface area (Å²) in [5.74, 6) is -1.97. The molecule has 0 aliphatic rings. The van der Waals surface area contributed by atoms with E-state index in [1.807, 2.05) is 17.7 Å². The van der Waals surface area contributed by atoms with Gasteiger partial charge in [-0.25, -0.2) is 9.78 Å². The van der Waals surface area contributed by atoms with Gasteiger partial charge in [0.2, 0.25) is 0 Å². The van der Waals surface area contributed by atoms with E-state index in [1.54, 1.807) is 6.20 Å². The Labute approximate surface area is 156 Å². The lowest BCUT2D eigenvalue weighted by Crippen LogP contribution is -2.21. The molecule has 2 rings (SSSR count). The lowest BCUT2D eigenvalue weighted by molar-refractivity contribution is -0.192. The van der Waals surface area contributed by atoms with Gasteiger partial charge in [-0.3, -0.25) is 0 Å². The second-order valence-corrected chi connectivity index (χ2v) is 5.32. The molecule has 1 heterocycles. The highest BCUT2D eigenvalue weighted by atomic mass is 19.4. The number of benzene rings is 1. The molecule has 0 saturated carbocycles. The van der Waals surface area contributed by atoms with E-state index in [0.717, 1.165) is 18.3 Å². The molecule has 0 aliphatic heterocycles. The first-order valence-corrected chi connectivity index (χ1v) is 7.97. The molecular weight excluding hydrogens is 394 g/mol. The summed E-state index contributed by atoms with van der Waals surface area (Å²) in [6, 6.07) is 6.03. The third-order valence-corrected chi connectivity index (χ3v) is 3.29. The van der Waals surface area contributed by atoms with Gasteiger partial charge in [-0.05, 0) is 24.6 Å². The molecule has 5 nitrogen and oxygen atoms in total. The van der Waals surface area contributed by atoms with E-state index < -0.39 is 23.9 Å². The average molecular weight is 411 g/mol. The highest BCUT2D eigenvalue weighted by molar-refractivity contribution is 5.73. The number of halogens is 6. The standard InChI is InChI=1S/C15H16F3N2O.C2HF3O2/c1-2-14-19-8-10-20(14)9-5-11-21-13-7-4-3-6-12(13)15(16,17)18;3-2(4,5)1(6)7/h3,6-8,10H,2,5,9,11H2,1H3;(H,6,7). The fraction of sp³-hybridized carbons (Fsp3) is 0.412. The van der Waals surface area contributed by atoms with Gasteiger partial charge in [0.05, 0.1) is 12.2 Å². The Morgan fingerprint density at radius 3 is 2.46 bits per heavy atom. The smallest absolute Gasteiger partial charge is 0.490 e. The van der Waals surface area contributed by atoms with Gasteiger partial charge in [-0.2, -0.15) is 26.3 Å². The molecule has 1 aromatic heterocycles. The number of carboxylic acid groups (broad SMARTS) is 1. The van der Waals surface area contributed by atoms with Gasteiger partial charge in [0.15, 0.2) is 0 Å². The van der Waals surface area contributed by atoms with Crippen LogP contribution in [-0.4, -0.2) is 33.4 Å². The minimum Gasteiger partial charge on any atom is -0.493 e. The number of carboxylic acids is 1. The maximum absolute atomic E-state index is 12.8. The zero-order valence-corrected chi connectivity index (χ0v) is 14.6. The summed E-state index contributed by atoms with van der Waals surface area (Å²) in [6.07, 6.45) is -4.50. The van der Waals surface area contributed by atoms with Crippen LogP contribution in [0, 0.1) is 6.07 Å². The second kappa shape index (κ2) is 10.00. The van der Waals surface area contributed by atoms with E-state index in [-0.39, 0.29) is 12.4 Å². The van der Waals surface area contributed by atoms with Gasteiger partial charge in [0, 0.05) is 25.4 Å². The molecule has 0 unspecified atom stereocenters. The molecule has 1 aromatic carbocycles. The Morgan fingerprint density at radius 1 is 1.29 bits per heavy atom. The van der Waals surface area contributed by atoms with Crippen LogP contribution >= 0.6 is 0 Å². The summed E-state index contributed by atoms with van der Waals surface area (Å²) in [6.45, 7) is 2.88. The van der Waals surface area contributed by atoms with Crippen LogP contribution in [0.25, 0.3) is 0 Å². The lowest BCUT2D eigenvalue weighted by atomic mass is 10.2. The van der Waals surface area contributed by atoms with Crippen molar-refractivity contribution >= 4 is 5.97 Å². The van der Waals surface area contributed by atoms with Crippen LogP contribution in [0.4, 0.5) is 26.3 Å². The van der Waals surface area contributed by atoms with Crippen molar-refractivity contribution in [3.05, 3.63) is 48.0 Å². The number of nitrogens with zero attached hydrogens (tertiary/aromatic N) is 2. The number of aryl methyl sites for hydroxylation is 2. The van der Waals surface area contributed by atoms with Crippen molar-refractivity contribution in [2.45, 2.75) is 38.7 Å². The van der Waals surface area contributed by atoms with Gasteiger partial charge in [0.1, 0.15) is 11.6 Å². The predicted molar refractivity (Wildman–Crippen MR) is 85.7 cm³/mol. The molecule has 0 fully saturated rings. The fourth-order valence-electron chi connectivity index (χ4n) is 2.04. The number of alkyl halides is 6. The third-order valence-electron chi connectivity index (χ3n) is 3.29. The lowest BCUT2D eigenvalue weighted by Gasteiger charge is -2.13. The summed E-state index contributed by atoms with van der Waals surface area (Å²) >= 11 is 0. The van der Waals surface area contributed by atoms with Crippen molar-refractivity contribution < 1.29 is 41.0 Å². The Bertz CT molecular complexity index is 756. The molecule has 1 N–H and O–H groups in total. The number of ether oxygens (including phenoxy) is 1. The maximum atomic E-state index is 12.8. The minimum atomic E-state index is -5.08. The van der Waals surface area contributed by atoms with Crippen LogP contribution < -0.4 is 4.74 Å². The van der Waals surface area contributed by atoms with Crippen molar-refractivity contribution in [3.63, 3.8) is 0 Å². The number of imidazole rings is 1. The van der Waals surface area contributed by atoms with Crippen LogP contribution in [0.1, 0.15) is 24.7 Å². The third kappa shape index (κ3) is 7.49. The van der Waals surface area contributed by atoms with E-state index in [0.29, 0.717) is 13.0 Å². The molecule has 1 radical (unpaired) electrons. The normalized spacial score (nSPS) is 11.5. The number of carbonyl (C=O) groups is 1. The molecule has 0 saturated heterocycles. The molecule has 0 bridgehead atoms. The fourth-order valence-corrected chi connectivity index (χ4v) is 2.04. The highest BCUT2D eigenvalue weighted by Gasteiger charge is 2.38. The van der Waals surface area contributed by atoms with E-state index in [2.05, 4.69) is 11.1 Å². The quantitative estimate of drug-likeness (QED) is 0.567. The molecule has 0 aliphatic carbocycles. The number of hydrogen-bond donors (Lipinski definition) is 1. The van der Waals surface area contributed by atoms with Crippen molar-refractivity contribution in [2.24, 2.45) is 0 Å².